The number of nitrogens with one attached hydrogen (secondary N) is 1. The Labute approximate surface area is 101 Å². The maximum Gasteiger partial charge on any atom is 0.0602 e. The lowest BCUT2D eigenvalue weighted by molar-refractivity contribution is -0.0766. The molecule has 0 radical (unpaired) electrons. The Kier molecular flexibility index (Phi) is 4.42. The van der Waals surface area contributed by atoms with Crippen molar-refractivity contribution < 1.29 is 4.74 Å². The summed E-state index contributed by atoms with van der Waals surface area (Å²) in [5.41, 5.74) is 0.247. The zero-order chi connectivity index (χ0) is 12.4. The second-order valence-corrected chi connectivity index (χ2v) is 7.10. The van der Waals surface area contributed by atoms with Crippen LogP contribution in [0.25, 0.3) is 0 Å². The summed E-state index contributed by atoms with van der Waals surface area (Å²) in [6.45, 7) is 13.2. The van der Waals surface area contributed by atoms with Gasteiger partial charge in [-0.3, -0.25) is 0 Å². The van der Waals surface area contributed by atoms with Crippen LogP contribution in [0.15, 0.2) is 0 Å². The van der Waals surface area contributed by atoms with Gasteiger partial charge in [0.2, 0.25) is 0 Å². The van der Waals surface area contributed by atoms with Crippen LogP contribution >= 0.6 is 0 Å². The Balaban J connectivity index is 2.29. The van der Waals surface area contributed by atoms with Gasteiger partial charge in [0.15, 0.2) is 0 Å². The largest absolute Gasteiger partial charge is 0.373 e. The summed E-state index contributed by atoms with van der Waals surface area (Å²) >= 11 is 0. The fourth-order valence-corrected chi connectivity index (χ4v) is 2.44. The van der Waals surface area contributed by atoms with Crippen LogP contribution in [-0.2, 0) is 4.74 Å². The molecule has 1 aliphatic rings. The van der Waals surface area contributed by atoms with Crippen LogP contribution in [0.1, 0.15) is 67.2 Å². The van der Waals surface area contributed by atoms with E-state index in [4.69, 9.17) is 4.74 Å². The van der Waals surface area contributed by atoms with Crippen LogP contribution in [0.3, 0.4) is 0 Å². The van der Waals surface area contributed by atoms with Crippen LogP contribution in [-0.4, -0.2) is 23.3 Å². The molecule has 0 unspecified atom stereocenters. The average Bonchev–Trinajstić information content (AvgIpc) is 2.03. The van der Waals surface area contributed by atoms with Gasteiger partial charge in [-0.05, 0) is 67.2 Å². The molecule has 1 aliphatic carbocycles. The Morgan fingerprint density at radius 1 is 0.875 bits per heavy atom. The molecule has 0 bridgehead atoms. The van der Waals surface area contributed by atoms with E-state index in [2.05, 4.69) is 46.9 Å². The van der Waals surface area contributed by atoms with E-state index in [1.54, 1.807) is 0 Å². The Hall–Kier alpha value is -0.0800. The van der Waals surface area contributed by atoms with Crippen LogP contribution in [0.5, 0.6) is 0 Å². The van der Waals surface area contributed by atoms with Gasteiger partial charge < -0.3 is 10.1 Å². The lowest BCUT2D eigenvalue weighted by atomic mass is 9.90. The summed E-state index contributed by atoms with van der Waals surface area (Å²) < 4.78 is 6.03. The first-order valence-corrected chi connectivity index (χ1v) is 6.61. The lowest BCUT2D eigenvalue weighted by Gasteiger charge is -2.36. The van der Waals surface area contributed by atoms with E-state index in [0.29, 0.717) is 12.1 Å². The van der Waals surface area contributed by atoms with Crippen molar-refractivity contribution in [3.05, 3.63) is 0 Å². The van der Waals surface area contributed by atoms with Crippen molar-refractivity contribution in [3.63, 3.8) is 0 Å². The SMILES string of the molecule is CC(C)(C)NC1CCC(OC(C)(C)C)CC1. The van der Waals surface area contributed by atoms with Crippen molar-refractivity contribution in [2.45, 2.75) is 90.5 Å². The predicted molar refractivity (Wildman–Crippen MR) is 69.8 cm³/mol. The molecule has 0 aromatic carbocycles. The summed E-state index contributed by atoms with van der Waals surface area (Å²) in [6, 6.07) is 0.680. The molecule has 1 rings (SSSR count). The normalized spacial score (nSPS) is 28.1. The number of rotatable bonds is 2. The first kappa shape index (κ1) is 14.0. The molecule has 1 fully saturated rings. The first-order chi connectivity index (χ1) is 7.16. The van der Waals surface area contributed by atoms with Gasteiger partial charge in [0.25, 0.3) is 0 Å². The summed E-state index contributed by atoms with van der Waals surface area (Å²) in [5.74, 6) is 0. The van der Waals surface area contributed by atoms with Gasteiger partial charge in [-0.1, -0.05) is 0 Å². The minimum atomic E-state index is 0.00889. The molecule has 96 valence electrons. The quantitative estimate of drug-likeness (QED) is 0.779. The molecule has 16 heavy (non-hydrogen) atoms. The first-order valence-electron chi connectivity index (χ1n) is 6.61. The van der Waals surface area contributed by atoms with Crippen molar-refractivity contribution >= 4 is 0 Å². The molecular weight excluding hydrogens is 198 g/mol. The highest BCUT2D eigenvalue weighted by molar-refractivity contribution is 4.83. The summed E-state index contributed by atoms with van der Waals surface area (Å²) in [6.07, 6.45) is 5.37. The van der Waals surface area contributed by atoms with Crippen molar-refractivity contribution in [1.82, 2.24) is 5.32 Å². The average molecular weight is 227 g/mol. The van der Waals surface area contributed by atoms with Crippen molar-refractivity contribution in [3.8, 4) is 0 Å². The van der Waals surface area contributed by atoms with Gasteiger partial charge in [-0.25, -0.2) is 0 Å². The fourth-order valence-electron chi connectivity index (χ4n) is 2.44. The minimum Gasteiger partial charge on any atom is -0.373 e. The Bertz CT molecular complexity index is 180. The zero-order valence-corrected chi connectivity index (χ0v) is 11.9. The molecule has 0 heterocycles. The maximum absolute atomic E-state index is 6.03. The molecule has 0 spiro atoms. The molecule has 0 aromatic rings. The molecule has 0 aromatic heterocycles. The Morgan fingerprint density at radius 3 is 1.75 bits per heavy atom. The van der Waals surface area contributed by atoms with E-state index in [1.807, 2.05) is 0 Å². The van der Waals surface area contributed by atoms with Gasteiger partial charge in [-0.15, -0.1) is 0 Å². The molecule has 0 atom stereocenters. The molecule has 0 amide bonds. The molecule has 2 heteroatoms. The van der Waals surface area contributed by atoms with Crippen LogP contribution < -0.4 is 5.32 Å². The van der Waals surface area contributed by atoms with Crippen LogP contribution in [0, 0.1) is 0 Å². The highest BCUT2D eigenvalue weighted by atomic mass is 16.5. The molecule has 2 nitrogen and oxygen atoms in total. The van der Waals surface area contributed by atoms with Crippen molar-refractivity contribution in [2.24, 2.45) is 0 Å². The van der Waals surface area contributed by atoms with Crippen molar-refractivity contribution in [2.75, 3.05) is 0 Å². The number of ether oxygens (including phenoxy) is 1. The van der Waals surface area contributed by atoms with E-state index >= 15 is 0 Å². The summed E-state index contributed by atoms with van der Waals surface area (Å²) in [5, 5.41) is 3.69. The van der Waals surface area contributed by atoms with Gasteiger partial charge >= 0.3 is 0 Å². The van der Waals surface area contributed by atoms with E-state index in [1.165, 1.54) is 25.7 Å². The van der Waals surface area contributed by atoms with Gasteiger partial charge in [0.1, 0.15) is 0 Å². The highest BCUT2D eigenvalue weighted by Crippen LogP contribution is 2.26. The van der Waals surface area contributed by atoms with Crippen LogP contribution in [0.2, 0.25) is 0 Å². The third kappa shape index (κ3) is 5.86. The molecule has 0 aliphatic heterocycles. The monoisotopic (exact) mass is 227 g/mol. The Morgan fingerprint density at radius 2 is 1.38 bits per heavy atom. The second kappa shape index (κ2) is 5.05. The van der Waals surface area contributed by atoms with Gasteiger partial charge in [-0.2, -0.15) is 0 Å². The number of hydrogen-bond donors (Lipinski definition) is 1. The van der Waals surface area contributed by atoms with E-state index in [-0.39, 0.29) is 11.1 Å². The maximum atomic E-state index is 6.03. The molecule has 1 N–H and O–H groups in total. The van der Waals surface area contributed by atoms with E-state index in [0.717, 1.165) is 0 Å². The molecule has 0 saturated heterocycles. The van der Waals surface area contributed by atoms with Crippen LogP contribution in [0.4, 0.5) is 0 Å². The summed E-state index contributed by atoms with van der Waals surface area (Å²) in [4.78, 5) is 0. The second-order valence-electron chi connectivity index (χ2n) is 7.10. The summed E-state index contributed by atoms with van der Waals surface area (Å²) in [7, 11) is 0. The zero-order valence-electron chi connectivity index (χ0n) is 11.9. The lowest BCUT2D eigenvalue weighted by Crippen LogP contribution is -2.46. The molecular formula is C14H29NO. The highest BCUT2D eigenvalue weighted by Gasteiger charge is 2.27. The molecule has 1 saturated carbocycles. The van der Waals surface area contributed by atoms with Gasteiger partial charge in [0.05, 0.1) is 11.7 Å². The third-order valence-corrected chi connectivity index (χ3v) is 2.83. The smallest absolute Gasteiger partial charge is 0.0602 e. The van der Waals surface area contributed by atoms with Gasteiger partial charge in [0, 0.05) is 11.6 Å². The topological polar surface area (TPSA) is 21.3 Å². The fraction of sp³-hybridized carbons (Fsp3) is 1.00. The third-order valence-electron chi connectivity index (χ3n) is 2.83. The standard InChI is InChI=1S/C14H29NO/c1-13(2,3)15-11-7-9-12(10-8-11)16-14(4,5)6/h11-12,15H,7-10H2,1-6H3. The predicted octanol–water partition coefficient (Wildman–Crippen LogP) is 3.50. The van der Waals surface area contributed by atoms with E-state index < -0.39 is 0 Å². The van der Waals surface area contributed by atoms with Crippen molar-refractivity contribution in [1.29, 1.82) is 0 Å². The van der Waals surface area contributed by atoms with E-state index in [9.17, 15) is 0 Å². The number of hydrogen-bond acceptors (Lipinski definition) is 2. The minimum absolute atomic E-state index is 0.00889.